The van der Waals surface area contributed by atoms with Crippen LogP contribution in [0.1, 0.15) is 35.8 Å². The molecule has 0 bridgehead atoms. The zero-order valence-electron chi connectivity index (χ0n) is 13.7. The van der Waals surface area contributed by atoms with Gasteiger partial charge in [0.15, 0.2) is 5.82 Å². The summed E-state index contributed by atoms with van der Waals surface area (Å²) in [5, 5.41) is 6.39. The predicted octanol–water partition coefficient (Wildman–Crippen LogP) is 3.97. The van der Waals surface area contributed by atoms with Gasteiger partial charge in [-0.3, -0.25) is 4.79 Å². The standard InChI is InChI=1S/C18H22N2O3S/c1-13-11-16(20-23-13)19-18(21)17(14-7-3-2-4-8-14)24-12-15-9-5-6-10-22-15/h2-4,7-8,11,15,17H,5-6,9-10,12H2,1H3,(H,19,20,21). The van der Waals surface area contributed by atoms with Crippen LogP contribution >= 0.6 is 11.8 Å². The summed E-state index contributed by atoms with van der Waals surface area (Å²) in [4.78, 5) is 12.7. The molecule has 1 amide bonds. The van der Waals surface area contributed by atoms with E-state index in [4.69, 9.17) is 9.26 Å². The minimum Gasteiger partial charge on any atom is -0.377 e. The molecule has 1 aromatic heterocycles. The number of aryl methyl sites for hydroxylation is 1. The lowest BCUT2D eigenvalue weighted by Gasteiger charge is -2.24. The Bertz CT molecular complexity index is 653. The Morgan fingerprint density at radius 3 is 2.88 bits per heavy atom. The van der Waals surface area contributed by atoms with E-state index in [1.807, 2.05) is 30.3 Å². The summed E-state index contributed by atoms with van der Waals surface area (Å²) in [6, 6.07) is 11.5. The molecular formula is C18H22N2O3S. The van der Waals surface area contributed by atoms with Gasteiger partial charge in [0.2, 0.25) is 5.91 Å². The fourth-order valence-electron chi connectivity index (χ4n) is 2.71. The molecule has 2 heterocycles. The molecular weight excluding hydrogens is 324 g/mol. The average molecular weight is 346 g/mol. The molecule has 1 aliphatic rings. The minimum atomic E-state index is -0.297. The number of benzene rings is 1. The van der Waals surface area contributed by atoms with E-state index in [-0.39, 0.29) is 17.3 Å². The van der Waals surface area contributed by atoms with Gasteiger partial charge < -0.3 is 14.6 Å². The SMILES string of the molecule is Cc1cc(NC(=O)C(SCC2CCCCO2)c2ccccc2)no1. The summed E-state index contributed by atoms with van der Waals surface area (Å²) >= 11 is 1.62. The van der Waals surface area contributed by atoms with Gasteiger partial charge in [-0.05, 0) is 31.7 Å². The third kappa shape index (κ3) is 4.61. The van der Waals surface area contributed by atoms with Crippen LogP contribution in [0, 0.1) is 6.92 Å². The van der Waals surface area contributed by atoms with Crippen LogP contribution in [-0.4, -0.2) is 29.5 Å². The number of nitrogens with zero attached hydrogens (tertiary/aromatic N) is 1. The van der Waals surface area contributed by atoms with Crippen molar-refractivity contribution in [3.8, 4) is 0 Å². The summed E-state index contributed by atoms with van der Waals surface area (Å²) in [6.45, 7) is 2.62. The monoisotopic (exact) mass is 346 g/mol. The summed E-state index contributed by atoms with van der Waals surface area (Å²) in [6.07, 6.45) is 3.64. The van der Waals surface area contributed by atoms with Crippen LogP contribution in [0.2, 0.25) is 0 Å². The number of nitrogens with one attached hydrogen (secondary N) is 1. The van der Waals surface area contributed by atoms with Crippen LogP contribution < -0.4 is 5.32 Å². The lowest BCUT2D eigenvalue weighted by molar-refractivity contribution is -0.115. The van der Waals surface area contributed by atoms with Gasteiger partial charge in [0, 0.05) is 18.4 Å². The summed E-state index contributed by atoms with van der Waals surface area (Å²) in [5.41, 5.74) is 0.982. The first-order valence-electron chi connectivity index (χ1n) is 8.25. The third-order valence-electron chi connectivity index (χ3n) is 3.94. The molecule has 1 aliphatic heterocycles. The summed E-state index contributed by atoms with van der Waals surface area (Å²) < 4.78 is 10.8. The minimum absolute atomic E-state index is 0.0877. The largest absolute Gasteiger partial charge is 0.377 e. The van der Waals surface area contributed by atoms with Crippen molar-refractivity contribution in [1.29, 1.82) is 0 Å². The van der Waals surface area contributed by atoms with E-state index in [9.17, 15) is 4.79 Å². The summed E-state index contributed by atoms with van der Waals surface area (Å²) in [5.74, 6) is 1.85. The Morgan fingerprint density at radius 1 is 1.38 bits per heavy atom. The molecule has 1 N–H and O–H groups in total. The van der Waals surface area contributed by atoms with Gasteiger partial charge in [0.25, 0.3) is 0 Å². The molecule has 24 heavy (non-hydrogen) atoms. The Labute approximate surface area is 146 Å². The quantitative estimate of drug-likeness (QED) is 0.857. The van der Waals surface area contributed by atoms with Crippen molar-refractivity contribution in [3.05, 3.63) is 47.7 Å². The molecule has 1 aromatic carbocycles. The van der Waals surface area contributed by atoms with Crippen LogP contribution in [0.25, 0.3) is 0 Å². The molecule has 0 saturated carbocycles. The third-order valence-corrected chi connectivity index (χ3v) is 5.33. The number of thioether (sulfide) groups is 1. The second-order valence-corrected chi connectivity index (χ2v) is 7.06. The van der Waals surface area contributed by atoms with E-state index in [0.717, 1.165) is 30.8 Å². The number of hydrogen-bond acceptors (Lipinski definition) is 5. The molecule has 2 atom stereocenters. The Balaban J connectivity index is 1.68. The van der Waals surface area contributed by atoms with E-state index in [0.29, 0.717) is 11.6 Å². The number of hydrogen-bond donors (Lipinski definition) is 1. The first-order chi connectivity index (χ1) is 11.7. The highest BCUT2D eigenvalue weighted by Gasteiger charge is 2.24. The predicted molar refractivity (Wildman–Crippen MR) is 95.1 cm³/mol. The maximum atomic E-state index is 12.7. The maximum Gasteiger partial charge on any atom is 0.243 e. The van der Waals surface area contributed by atoms with Crippen LogP contribution in [0.4, 0.5) is 5.82 Å². The van der Waals surface area contributed by atoms with Crippen molar-refractivity contribution in [2.45, 2.75) is 37.5 Å². The molecule has 128 valence electrons. The number of ether oxygens (including phenoxy) is 1. The van der Waals surface area contributed by atoms with Crippen LogP contribution in [0.3, 0.4) is 0 Å². The zero-order chi connectivity index (χ0) is 16.8. The number of carbonyl (C=O) groups is 1. The second kappa shape index (κ2) is 8.35. The molecule has 1 saturated heterocycles. The number of carbonyl (C=O) groups excluding carboxylic acids is 1. The van der Waals surface area contributed by atoms with Gasteiger partial charge in [-0.2, -0.15) is 0 Å². The molecule has 0 radical (unpaired) electrons. The molecule has 2 aromatic rings. The van der Waals surface area contributed by atoms with Crippen molar-refractivity contribution < 1.29 is 14.1 Å². The van der Waals surface area contributed by atoms with Gasteiger partial charge in [-0.25, -0.2) is 0 Å². The van der Waals surface area contributed by atoms with Gasteiger partial charge in [-0.15, -0.1) is 11.8 Å². The lowest BCUT2D eigenvalue weighted by atomic mass is 10.1. The first-order valence-corrected chi connectivity index (χ1v) is 9.29. The lowest BCUT2D eigenvalue weighted by Crippen LogP contribution is -2.24. The zero-order valence-corrected chi connectivity index (χ0v) is 14.6. The molecule has 1 fully saturated rings. The Hall–Kier alpha value is -1.79. The molecule has 2 unspecified atom stereocenters. The smallest absolute Gasteiger partial charge is 0.243 e. The number of amides is 1. The summed E-state index contributed by atoms with van der Waals surface area (Å²) in [7, 11) is 0. The normalized spacial score (nSPS) is 19.0. The number of rotatable bonds is 6. The van der Waals surface area contributed by atoms with Gasteiger partial charge in [-0.1, -0.05) is 35.5 Å². The number of aromatic nitrogens is 1. The Kier molecular flexibility index (Phi) is 5.93. The molecule has 0 spiro atoms. The van der Waals surface area contributed by atoms with Crippen LogP contribution in [0.5, 0.6) is 0 Å². The van der Waals surface area contributed by atoms with E-state index in [2.05, 4.69) is 10.5 Å². The molecule has 3 rings (SSSR count). The highest BCUT2D eigenvalue weighted by Crippen LogP contribution is 2.32. The van der Waals surface area contributed by atoms with Crippen molar-refractivity contribution in [2.75, 3.05) is 17.7 Å². The maximum absolute atomic E-state index is 12.7. The second-order valence-electron chi connectivity index (χ2n) is 5.92. The van der Waals surface area contributed by atoms with Gasteiger partial charge in [0.05, 0.1) is 6.10 Å². The van der Waals surface area contributed by atoms with E-state index in [1.165, 1.54) is 6.42 Å². The van der Waals surface area contributed by atoms with Crippen LogP contribution in [-0.2, 0) is 9.53 Å². The van der Waals surface area contributed by atoms with E-state index < -0.39 is 0 Å². The van der Waals surface area contributed by atoms with Crippen molar-refractivity contribution in [2.24, 2.45) is 0 Å². The van der Waals surface area contributed by atoms with Crippen molar-refractivity contribution in [1.82, 2.24) is 5.16 Å². The number of anilines is 1. The van der Waals surface area contributed by atoms with Crippen LogP contribution in [0.15, 0.2) is 40.9 Å². The fourth-order valence-corrected chi connectivity index (χ4v) is 3.94. The fraction of sp³-hybridized carbons (Fsp3) is 0.444. The molecule has 6 heteroatoms. The first kappa shape index (κ1) is 17.0. The van der Waals surface area contributed by atoms with E-state index >= 15 is 0 Å². The van der Waals surface area contributed by atoms with Gasteiger partial charge in [0.1, 0.15) is 11.0 Å². The van der Waals surface area contributed by atoms with E-state index in [1.54, 1.807) is 24.8 Å². The van der Waals surface area contributed by atoms with Gasteiger partial charge >= 0.3 is 0 Å². The molecule has 5 nitrogen and oxygen atoms in total. The van der Waals surface area contributed by atoms with Crippen molar-refractivity contribution >= 4 is 23.5 Å². The topological polar surface area (TPSA) is 64.4 Å². The highest BCUT2D eigenvalue weighted by atomic mass is 32.2. The molecule has 0 aliphatic carbocycles. The highest BCUT2D eigenvalue weighted by molar-refractivity contribution is 8.00. The average Bonchev–Trinajstić information content (AvgIpc) is 3.02. The Morgan fingerprint density at radius 2 is 2.21 bits per heavy atom. The van der Waals surface area contributed by atoms with Crippen molar-refractivity contribution in [3.63, 3.8) is 0 Å².